The largest absolute Gasteiger partial charge is 0.330 e. The van der Waals surface area contributed by atoms with Crippen molar-refractivity contribution in [2.75, 3.05) is 11.9 Å². The van der Waals surface area contributed by atoms with Crippen LogP contribution in [0.3, 0.4) is 0 Å². The van der Waals surface area contributed by atoms with E-state index < -0.39 is 0 Å². The predicted octanol–water partition coefficient (Wildman–Crippen LogP) is 3.06. The number of aromatic nitrogens is 1. The molecule has 0 bridgehead atoms. The molecule has 3 N–H and O–H groups in total. The Bertz CT molecular complexity index is 640. The number of nitrogens with two attached hydrogens (primary N) is 1. The molecule has 0 unspecified atom stereocenters. The summed E-state index contributed by atoms with van der Waals surface area (Å²) in [5, 5.41) is 4.03. The molecule has 2 aromatic rings. The topological polar surface area (TPSA) is 68.0 Å². The summed E-state index contributed by atoms with van der Waals surface area (Å²) in [6, 6.07) is 5.86. The number of carbonyl (C=O) groups excluding carboxylic acids is 1. The zero-order valence-corrected chi connectivity index (χ0v) is 12.4. The van der Waals surface area contributed by atoms with Crippen LogP contribution in [0.4, 0.5) is 5.69 Å². The number of anilines is 1. The number of hydrogen-bond donors (Lipinski definition) is 2. The van der Waals surface area contributed by atoms with Gasteiger partial charge in [0.2, 0.25) is 5.91 Å². The van der Waals surface area contributed by atoms with Gasteiger partial charge in [-0.1, -0.05) is 6.42 Å². The van der Waals surface area contributed by atoms with E-state index in [2.05, 4.69) is 10.3 Å². The van der Waals surface area contributed by atoms with Crippen molar-refractivity contribution < 1.29 is 4.79 Å². The highest BCUT2D eigenvalue weighted by Gasteiger charge is 2.37. The SMILES string of the molecule is Cc1nc2ccc(NC(=O)CC3(CN)CCC3)cc2s1. The molecule has 1 heterocycles. The molecule has 1 aromatic carbocycles. The molecule has 106 valence electrons. The first-order chi connectivity index (χ1) is 9.60. The molecular formula is C15H19N3OS. The first kappa shape index (κ1) is 13.5. The van der Waals surface area contributed by atoms with Gasteiger partial charge in [0.25, 0.3) is 0 Å². The molecule has 1 fully saturated rings. The van der Waals surface area contributed by atoms with Crippen LogP contribution >= 0.6 is 11.3 Å². The Kier molecular flexibility index (Phi) is 3.48. The lowest BCUT2D eigenvalue weighted by Gasteiger charge is -2.40. The van der Waals surface area contributed by atoms with Crippen molar-refractivity contribution >= 4 is 33.1 Å². The van der Waals surface area contributed by atoms with Gasteiger partial charge in [0.1, 0.15) is 0 Å². The molecule has 4 nitrogen and oxygen atoms in total. The molecule has 1 saturated carbocycles. The molecule has 1 aliphatic carbocycles. The Morgan fingerprint density at radius 2 is 2.30 bits per heavy atom. The van der Waals surface area contributed by atoms with Gasteiger partial charge in [-0.25, -0.2) is 4.98 Å². The summed E-state index contributed by atoms with van der Waals surface area (Å²) in [6.45, 7) is 2.60. The van der Waals surface area contributed by atoms with E-state index in [-0.39, 0.29) is 11.3 Å². The lowest BCUT2D eigenvalue weighted by atomic mass is 9.66. The fraction of sp³-hybridized carbons (Fsp3) is 0.467. The maximum atomic E-state index is 12.1. The summed E-state index contributed by atoms with van der Waals surface area (Å²) in [7, 11) is 0. The van der Waals surface area contributed by atoms with E-state index in [1.807, 2.05) is 25.1 Å². The number of hydrogen-bond acceptors (Lipinski definition) is 4. The standard InChI is InChI=1S/C15H19N3OS/c1-10-17-12-4-3-11(7-13(12)20-10)18-14(19)8-15(9-16)5-2-6-15/h3-4,7H,2,5-6,8-9,16H2,1H3,(H,18,19). The van der Waals surface area contributed by atoms with E-state index in [0.717, 1.165) is 33.8 Å². The third-order valence-electron chi connectivity index (χ3n) is 4.16. The molecule has 1 amide bonds. The van der Waals surface area contributed by atoms with Gasteiger partial charge in [0, 0.05) is 12.1 Å². The second kappa shape index (κ2) is 5.14. The number of aryl methyl sites for hydroxylation is 1. The first-order valence-corrected chi connectivity index (χ1v) is 7.79. The van der Waals surface area contributed by atoms with Crippen LogP contribution in [-0.2, 0) is 4.79 Å². The second-order valence-electron chi connectivity index (χ2n) is 5.70. The van der Waals surface area contributed by atoms with Crippen molar-refractivity contribution in [2.45, 2.75) is 32.6 Å². The molecule has 5 heteroatoms. The van der Waals surface area contributed by atoms with Crippen LogP contribution < -0.4 is 11.1 Å². The lowest BCUT2D eigenvalue weighted by Crippen LogP contribution is -2.40. The summed E-state index contributed by atoms with van der Waals surface area (Å²) < 4.78 is 1.11. The Labute approximate surface area is 122 Å². The molecule has 0 saturated heterocycles. The lowest BCUT2D eigenvalue weighted by molar-refractivity contribution is -0.119. The molecule has 0 atom stereocenters. The Morgan fingerprint density at radius 3 is 2.95 bits per heavy atom. The summed E-state index contributed by atoms with van der Waals surface area (Å²) >= 11 is 1.64. The van der Waals surface area contributed by atoms with Crippen LogP contribution in [0.2, 0.25) is 0 Å². The van der Waals surface area contributed by atoms with Crippen LogP contribution in [0.15, 0.2) is 18.2 Å². The average Bonchev–Trinajstić information content (AvgIpc) is 2.73. The highest BCUT2D eigenvalue weighted by Crippen LogP contribution is 2.43. The summed E-state index contributed by atoms with van der Waals surface area (Å²) in [5.41, 5.74) is 7.69. The maximum absolute atomic E-state index is 12.1. The number of benzene rings is 1. The first-order valence-electron chi connectivity index (χ1n) is 6.97. The molecule has 1 aromatic heterocycles. The van der Waals surface area contributed by atoms with Gasteiger partial charge in [-0.3, -0.25) is 4.79 Å². The zero-order chi connectivity index (χ0) is 14.2. The Hall–Kier alpha value is -1.46. The normalized spacial score (nSPS) is 16.9. The van der Waals surface area contributed by atoms with Crippen LogP contribution in [0.1, 0.15) is 30.7 Å². The molecule has 0 aliphatic heterocycles. The van der Waals surface area contributed by atoms with Gasteiger partial charge in [-0.05, 0) is 49.9 Å². The highest BCUT2D eigenvalue weighted by atomic mass is 32.1. The van der Waals surface area contributed by atoms with E-state index in [9.17, 15) is 4.79 Å². The van der Waals surface area contributed by atoms with Gasteiger partial charge in [-0.15, -0.1) is 11.3 Å². The molecule has 0 radical (unpaired) electrons. The van der Waals surface area contributed by atoms with Crippen molar-refractivity contribution in [1.82, 2.24) is 4.98 Å². The van der Waals surface area contributed by atoms with Gasteiger partial charge in [0.15, 0.2) is 0 Å². The highest BCUT2D eigenvalue weighted by molar-refractivity contribution is 7.18. The van der Waals surface area contributed by atoms with E-state index >= 15 is 0 Å². The van der Waals surface area contributed by atoms with Crippen LogP contribution in [-0.4, -0.2) is 17.4 Å². The summed E-state index contributed by atoms with van der Waals surface area (Å²) in [5.74, 6) is 0.0655. The van der Waals surface area contributed by atoms with Crippen molar-refractivity contribution in [3.05, 3.63) is 23.2 Å². The van der Waals surface area contributed by atoms with Gasteiger partial charge in [-0.2, -0.15) is 0 Å². The number of carbonyl (C=O) groups is 1. The van der Waals surface area contributed by atoms with E-state index in [0.29, 0.717) is 13.0 Å². The number of thiazole rings is 1. The van der Waals surface area contributed by atoms with Crippen molar-refractivity contribution in [3.8, 4) is 0 Å². The number of nitrogens with one attached hydrogen (secondary N) is 1. The van der Waals surface area contributed by atoms with E-state index in [4.69, 9.17) is 5.73 Å². The van der Waals surface area contributed by atoms with Gasteiger partial charge < -0.3 is 11.1 Å². The fourth-order valence-corrected chi connectivity index (χ4v) is 3.66. The molecule has 0 spiro atoms. The molecule has 20 heavy (non-hydrogen) atoms. The number of amides is 1. The van der Waals surface area contributed by atoms with Crippen LogP contribution in [0.25, 0.3) is 10.2 Å². The Balaban J connectivity index is 1.70. The predicted molar refractivity (Wildman–Crippen MR) is 82.9 cm³/mol. The van der Waals surface area contributed by atoms with Crippen molar-refractivity contribution in [1.29, 1.82) is 0 Å². The summed E-state index contributed by atoms with van der Waals surface area (Å²) in [6.07, 6.45) is 3.87. The van der Waals surface area contributed by atoms with E-state index in [1.165, 1.54) is 6.42 Å². The smallest absolute Gasteiger partial charge is 0.224 e. The van der Waals surface area contributed by atoms with Crippen molar-refractivity contribution in [2.24, 2.45) is 11.1 Å². The van der Waals surface area contributed by atoms with Crippen LogP contribution in [0, 0.1) is 12.3 Å². The zero-order valence-electron chi connectivity index (χ0n) is 11.6. The monoisotopic (exact) mass is 289 g/mol. The third-order valence-corrected chi connectivity index (χ3v) is 5.10. The summed E-state index contributed by atoms with van der Waals surface area (Å²) in [4.78, 5) is 16.6. The molecular weight excluding hydrogens is 270 g/mol. The number of fused-ring (bicyclic) bond motifs is 1. The van der Waals surface area contributed by atoms with Gasteiger partial charge >= 0.3 is 0 Å². The van der Waals surface area contributed by atoms with E-state index in [1.54, 1.807) is 11.3 Å². The minimum absolute atomic E-state index is 0.0509. The van der Waals surface area contributed by atoms with Gasteiger partial charge in [0.05, 0.1) is 15.2 Å². The number of rotatable bonds is 4. The molecule has 3 rings (SSSR count). The third kappa shape index (κ3) is 2.55. The minimum Gasteiger partial charge on any atom is -0.330 e. The minimum atomic E-state index is 0.0509. The number of nitrogens with zero attached hydrogens (tertiary/aromatic N) is 1. The average molecular weight is 289 g/mol. The second-order valence-corrected chi connectivity index (χ2v) is 6.93. The maximum Gasteiger partial charge on any atom is 0.224 e. The van der Waals surface area contributed by atoms with Crippen LogP contribution in [0.5, 0.6) is 0 Å². The fourth-order valence-electron chi connectivity index (χ4n) is 2.79. The Morgan fingerprint density at radius 1 is 1.50 bits per heavy atom. The molecule has 1 aliphatic rings. The quantitative estimate of drug-likeness (QED) is 0.909. The van der Waals surface area contributed by atoms with Crippen molar-refractivity contribution in [3.63, 3.8) is 0 Å².